The summed E-state index contributed by atoms with van der Waals surface area (Å²) in [7, 11) is 0. The van der Waals surface area contributed by atoms with Crippen LogP contribution in [0.5, 0.6) is 0 Å². The minimum Gasteiger partial charge on any atom is -0.370 e. The molecule has 1 fully saturated rings. The van der Waals surface area contributed by atoms with Gasteiger partial charge in [-0.15, -0.1) is 0 Å². The van der Waals surface area contributed by atoms with Gasteiger partial charge >= 0.3 is 0 Å². The van der Waals surface area contributed by atoms with Crippen LogP contribution >= 0.6 is 22.6 Å². The molecule has 2 amide bonds. The van der Waals surface area contributed by atoms with Gasteiger partial charge in [-0.3, -0.25) is 14.5 Å². The molecule has 1 unspecified atom stereocenters. The van der Waals surface area contributed by atoms with Gasteiger partial charge in [-0.2, -0.15) is 0 Å². The van der Waals surface area contributed by atoms with Crippen LogP contribution in [0.1, 0.15) is 47.4 Å². The summed E-state index contributed by atoms with van der Waals surface area (Å²) in [5, 5.41) is 0. The van der Waals surface area contributed by atoms with Crippen molar-refractivity contribution in [3.05, 3.63) is 32.9 Å². The number of carbonyl (C=O) groups is 2. The number of amides is 2. The first kappa shape index (κ1) is 14.0. The Balaban J connectivity index is 1.80. The van der Waals surface area contributed by atoms with E-state index in [1.165, 1.54) is 4.90 Å². The first-order valence-electron chi connectivity index (χ1n) is 6.71. The molecule has 0 saturated carbocycles. The van der Waals surface area contributed by atoms with Crippen LogP contribution in [0.15, 0.2) is 18.2 Å². The third kappa shape index (κ3) is 2.37. The van der Waals surface area contributed by atoms with Gasteiger partial charge in [-0.05, 0) is 67.5 Å². The predicted octanol–water partition coefficient (Wildman–Crippen LogP) is 2.84. The molecule has 0 aromatic heterocycles. The highest BCUT2D eigenvalue weighted by Gasteiger charge is 2.40. The van der Waals surface area contributed by atoms with Crippen molar-refractivity contribution >= 4 is 34.4 Å². The van der Waals surface area contributed by atoms with Crippen molar-refractivity contribution in [1.82, 2.24) is 4.90 Å². The summed E-state index contributed by atoms with van der Waals surface area (Å²) in [5.41, 5.74) is 0.866. The topological polar surface area (TPSA) is 46.6 Å². The average Bonchev–Trinajstić information content (AvgIpc) is 2.83. The van der Waals surface area contributed by atoms with Gasteiger partial charge in [0.15, 0.2) is 0 Å². The Bertz CT molecular complexity index is 597. The SMILES string of the molecule is CC1(C)CCC(CN2C(=O)c3ccc(I)cc3C2=O)O1. The third-order valence-electron chi connectivity index (χ3n) is 3.87. The summed E-state index contributed by atoms with van der Waals surface area (Å²) >= 11 is 2.15. The Morgan fingerprint density at radius 1 is 1.30 bits per heavy atom. The minimum absolute atomic E-state index is 0.0497. The number of halogens is 1. The number of hydrogen-bond donors (Lipinski definition) is 0. The maximum atomic E-state index is 12.4. The molecule has 20 heavy (non-hydrogen) atoms. The number of rotatable bonds is 2. The number of carbonyl (C=O) groups excluding carboxylic acids is 2. The molecule has 1 saturated heterocycles. The molecule has 0 radical (unpaired) electrons. The quantitative estimate of drug-likeness (QED) is 0.581. The van der Waals surface area contributed by atoms with Gasteiger partial charge in [0.2, 0.25) is 0 Å². The molecule has 2 aliphatic rings. The van der Waals surface area contributed by atoms with E-state index >= 15 is 0 Å². The van der Waals surface area contributed by atoms with Gasteiger partial charge in [0, 0.05) is 3.57 Å². The van der Waals surface area contributed by atoms with Gasteiger partial charge in [0.25, 0.3) is 11.8 Å². The highest BCUT2D eigenvalue weighted by molar-refractivity contribution is 14.1. The van der Waals surface area contributed by atoms with Crippen molar-refractivity contribution in [3.63, 3.8) is 0 Å². The number of imide groups is 1. The van der Waals surface area contributed by atoms with Crippen LogP contribution < -0.4 is 0 Å². The summed E-state index contributed by atoms with van der Waals surface area (Å²) in [6, 6.07) is 5.36. The first-order valence-corrected chi connectivity index (χ1v) is 7.79. The molecule has 0 bridgehead atoms. The Kier molecular flexibility index (Phi) is 3.36. The van der Waals surface area contributed by atoms with Crippen molar-refractivity contribution in [2.75, 3.05) is 6.54 Å². The standard InChI is InChI=1S/C15H16INO3/c1-15(2)6-5-10(20-15)8-17-13(18)11-4-3-9(16)7-12(11)14(17)19/h3-4,7,10H,5-6,8H2,1-2H3. The van der Waals surface area contributed by atoms with E-state index in [4.69, 9.17) is 4.74 Å². The molecular weight excluding hydrogens is 369 g/mol. The zero-order valence-electron chi connectivity index (χ0n) is 11.5. The second-order valence-electron chi connectivity index (χ2n) is 5.95. The molecular formula is C15H16INO3. The third-order valence-corrected chi connectivity index (χ3v) is 4.54. The normalized spacial score (nSPS) is 24.4. The van der Waals surface area contributed by atoms with Crippen molar-refractivity contribution in [2.45, 2.75) is 38.4 Å². The summed E-state index contributed by atoms with van der Waals surface area (Å²) in [4.78, 5) is 26.0. The lowest BCUT2D eigenvalue weighted by molar-refractivity contribution is -0.0242. The van der Waals surface area contributed by atoms with Crippen molar-refractivity contribution in [3.8, 4) is 0 Å². The average molecular weight is 385 g/mol. The molecule has 2 heterocycles. The van der Waals surface area contributed by atoms with E-state index in [1.807, 2.05) is 19.9 Å². The fourth-order valence-corrected chi connectivity index (χ4v) is 3.33. The molecule has 0 N–H and O–H groups in total. The van der Waals surface area contributed by atoms with Crippen molar-refractivity contribution < 1.29 is 14.3 Å². The molecule has 0 aliphatic carbocycles. The van der Waals surface area contributed by atoms with E-state index in [1.54, 1.807) is 12.1 Å². The molecule has 5 heteroatoms. The number of ether oxygens (including phenoxy) is 1. The van der Waals surface area contributed by atoms with E-state index in [0.29, 0.717) is 17.7 Å². The van der Waals surface area contributed by atoms with Crippen LogP contribution in [-0.2, 0) is 4.74 Å². The number of hydrogen-bond acceptors (Lipinski definition) is 3. The monoisotopic (exact) mass is 385 g/mol. The minimum atomic E-state index is -0.199. The molecule has 1 aromatic rings. The van der Waals surface area contributed by atoms with Crippen LogP contribution in [0, 0.1) is 3.57 Å². The Morgan fingerprint density at radius 2 is 2.00 bits per heavy atom. The van der Waals surface area contributed by atoms with E-state index in [-0.39, 0.29) is 23.5 Å². The zero-order valence-corrected chi connectivity index (χ0v) is 13.6. The summed E-state index contributed by atoms with van der Waals surface area (Å²) in [5.74, 6) is -0.397. The number of benzene rings is 1. The Labute approximate surface area is 131 Å². The maximum Gasteiger partial charge on any atom is 0.261 e. The van der Waals surface area contributed by atoms with Crippen LogP contribution in [-0.4, -0.2) is 35.0 Å². The van der Waals surface area contributed by atoms with Crippen molar-refractivity contribution in [2.24, 2.45) is 0 Å². The first-order chi connectivity index (χ1) is 9.37. The van der Waals surface area contributed by atoms with Gasteiger partial charge in [-0.1, -0.05) is 0 Å². The smallest absolute Gasteiger partial charge is 0.261 e. The second-order valence-corrected chi connectivity index (χ2v) is 7.19. The van der Waals surface area contributed by atoms with Gasteiger partial charge in [0.1, 0.15) is 0 Å². The lowest BCUT2D eigenvalue weighted by atomic mass is 10.1. The van der Waals surface area contributed by atoms with Crippen LogP contribution in [0.3, 0.4) is 0 Å². The van der Waals surface area contributed by atoms with Crippen LogP contribution in [0.2, 0.25) is 0 Å². The number of nitrogens with zero attached hydrogens (tertiary/aromatic N) is 1. The summed E-state index contributed by atoms with van der Waals surface area (Å²) in [6.07, 6.45) is 1.79. The summed E-state index contributed by atoms with van der Waals surface area (Å²) in [6.45, 7) is 4.43. The molecule has 106 valence electrons. The second kappa shape index (κ2) is 4.80. The summed E-state index contributed by atoms with van der Waals surface area (Å²) < 4.78 is 6.84. The van der Waals surface area contributed by atoms with E-state index in [2.05, 4.69) is 22.6 Å². The van der Waals surface area contributed by atoms with Gasteiger partial charge in [-0.25, -0.2) is 0 Å². The Morgan fingerprint density at radius 3 is 2.65 bits per heavy atom. The number of fused-ring (bicyclic) bond motifs is 1. The fourth-order valence-electron chi connectivity index (χ4n) is 2.84. The van der Waals surface area contributed by atoms with Gasteiger partial charge in [0.05, 0.1) is 29.4 Å². The lowest BCUT2D eigenvalue weighted by Crippen LogP contribution is -2.37. The van der Waals surface area contributed by atoms with E-state index in [0.717, 1.165) is 16.4 Å². The molecule has 2 aliphatic heterocycles. The largest absolute Gasteiger partial charge is 0.370 e. The van der Waals surface area contributed by atoms with E-state index in [9.17, 15) is 9.59 Å². The highest BCUT2D eigenvalue weighted by Crippen LogP contribution is 2.32. The highest BCUT2D eigenvalue weighted by atomic mass is 127. The fraction of sp³-hybridized carbons (Fsp3) is 0.467. The lowest BCUT2D eigenvalue weighted by Gasteiger charge is -2.22. The van der Waals surface area contributed by atoms with Crippen LogP contribution in [0.25, 0.3) is 0 Å². The maximum absolute atomic E-state index is 12.4. The molecule has 1 atom stereocenters. The van der Waals surface area contributed by atoms with Crippen LogP contribution in [0.4, 0.5) is 0 Å². The van der Waals surface area contributed by atoms with Gasteiger partial charge < -0.3 is 4.74 Å². The predicted molar refractivity (Wildman–Crippen MR) is 82.7 cm³/mol. The molecule has 0 spiro atoms. The molecule has 1 aromatic carbocycles. The van der Waals surface area contributed by atoms with Crippen molar-refractivity contribution in [1.29, 1.82) is 0 Å². The van der Waals surface area contributed by atoms with E-state index < -0.39 is 0 Å². The molecule has 3 rings (SSSR count). The zero-order chi connectivity index (χ0) is 14.5. The Hall–Kier alpha value is -0.950. The molecule has 4 nitrogen and oxygen atoms in total.